The molecular weight excluding hydrogens is 282 g/mol. The van der Waals surface area contributed by atoms with Gasteiger partial charge in [0.25, 0.3) is 5.91 Å². The van der Waals surface area contributed by atoms with Crippen molar-refractivity contribution in [3.05, 3.63) is 42.1 Å². The minimum absolute atomic E-state index is 0.187. The number of amides is 1. The highest BCUT2D eigenvalue weighted by atomic mass is 16.5. The van der Waals surface area contributed by atoms with Gasteiger partial charge in [-0.05, 0) is 37.1 Å². The van der Waals surface area contributed by atoms with E-state index < -0.39 is 0 Å². The highest BCUT2D eigenvalue weighted by Crippen LogP contribution is 2.17. The zero-order valence-corrected chi connectivity index (χ0v) is 12.5. The number of anilines is 1. The maximum atomic E-state index is 12.1. The van der Waals surface area contributed by atoms with Gasteiger partial charge < -0.3 is 14.8 Å². The second-order valence-electron chi connectivity index (χ2n) is 5.30. The van der Waals surface area contributed by atoms with Crippen LogP contribution in [-0.2, 0) is 11.8 Å². The van der Waals surface area contributed by atoms with Crippen molar-refractivity contribution in [3.8, 4) is 5.75 Å². The molecule has 22 heavy (non-hydrogen) atoms. The van der Waals surface area contributed by atoms with Crippen LogP contribution in [0.3, 0.4) is 0 Å². The molecule has 2 heterocycles. The van der Waals surface area contributed by atoms with Crippen LogP contribution < -0.4 is 10.1 Å². The summed E-state index contributed by atoms with van der Waals surface area (Å²) in [5, 5.41) is 6.86. The first-order valence-electron chi connectivity index (χ1n) is 7.36. The number of carbonyl (C=O) groups is 1. The topological polar surface area (TPSA) is 65.4 Å². The minimum atomic E-state index is -0.190. The van der Waals surface area contributed by atoms with Gasteiger partial charge in [-0.3, -0.25) is 9.48 Å². The number of aryl methyl sites for hydroxylation is 1. The van der Waals surface area contributed by atoms with Crippen molar-refractivity contribution in [3.63, 3.8) is 0 Å². The van der Waals surface area contributed by atoms with Crippen molar-refractivity contribution in [2.45, 2.75) is 18.9 Å². The number of hydrogen-bond acceptors (Lipinski definition) is 4. The molecule has 6 heteroatoms. The van der Waals surface area contributed by atoms with Crippen molar-refractivity contribution in [1.82, 2.24) is 9.78 Å². The highest BCUT2D eigenvalue weighted by Gasteiger charge is 2.16. The lowest BCUT2D eigenvalue weighted by atomic mass is 10.2. The van der Waals surface area contributed by atoms with Crippen molar-refractivity contribution in [2.24, 2.45) is 7.05 Å². The van der Waals surface area contributed by atoms with Gasteiger partial charge in [-0.25, -0.2) is 0 Å². The van der Waals surface area contributed by atoms with Gasteiger partial charge in [0, 0.05) is 31.5 Å². The molecule has 0 bridgehead atoms. The summed E-state index contributed by atoms with van der Waals surface area (Å²) < 4.78 is 12.8. The molecule has 116 valence electrons. The van der Waals surface area contributed by atoms with E-state index in [4.69, 9.17) is 9.47 Å². The Morgan fingerprint density at radius 2 is 2.23 bits per heavy atom. The van der Waals surface area contributed by atoms with E-state index >= 15 is 0 Å². The number of nitrogens with one attached hydrogen (secondary N) is 1. The summed E-state index contributed by atoms with van der Waals surface area (Å²) in [5.41, 5.74) is 0.565. The fourth-order valence-corrected chi connectivity index (χ4v) is 2.34. The van der Waals surface area contributed by atoms with Gasteiger partial charge in [0.15, 0.2) is 5.82 Å². The van der Waals surface area contributed by atoms with Crippen LogP contribution in [0.4, 0.5) is 5.82 Å². The smallest absolute Gasteiger partial charge is 0.256 e. The summed E-state index contributed by atoms with van der Waals surface area (Å²) in [6.07, 6.45) is 4.11. The molecular formula is C16H19N3O3. The highest BCUT2D eigenvalue weighted by molar-refractivity contribution is 6.03. The van der Waals surface area contributed by atoms with Crippen molar-refractivity contribution in [1.29, 1.82) is 0 Å². The van der Waals surface area contributed by atoms with E-state index in [0.29, 0.717) is 18.0 Å². The summed E-state index contributed by atoms with van der Waals surface area (Å²) in [6, 6.07) is 8.81. The fraction of sp³-hybridized carbons (Fsp3) is 0.375. The Bertz CT molecular complexity index is 630. The first-order valence-corrected chi connectivity index (χ1v) is 7.36. The van der Waals surface area contributed by atoms with Gasteiger partial charge in [-0.2, -0.15) is 5.10 Å². The molecule has 1 aromatic heterocycles. The van der Waals surface area contributed by atoms with Gasteiger partial charge in [-0.15, -0.1) is 0 Å². The van der Waals surface area contributed by atoms with Gasteiger partial charge in [0.2, 0.25) is 0 Å². The molecule has 1 amide bonds. The second-order valence-corrected chi connectivity index (χ2v) is 5.30. The van der Waals surface area contributed by atoms with Crippen LogP contribution in [0.25, 0.3) is 0 Å². The predicted octanol–water partition coefficient (Wildman–Crippen LogP) is 2.23. The lowest BCUT2D eigenvalue weighted by Crippen LogP contribution is -2.16. The maximum absolute atomic E-state index is 12.1. The third kappa shape index (κ3) is 3.65. The average molecular weight is 301 g/mol. The zero-order valence-electron chi connectivity index (χ0n) is 12.5. The van der Waals surface area contributed by atoms with Crippen molar-refractivity contribution in [2.75, 3.05) is 18.5 Å². The minimum Gasteiger partial charge on any atom is -0.491 e. The SMILES string of the molecule is Cn1ccc(NC(=O)c2ccc(OC[C@@H]3CCCO3)cc2)n1. The second kappa shape index (κ2) is 6.62. The molecule has 6 nitrogen and oxygen atoms in total. The molecule has 1 atom stereocenters. The van der Waals surface area contributed by atoms with E-state index in [2.05, 4.69) is 10.4 Å². The van der Waals surface area contributed by atoms with E-state index in [-0.39, 0.29) is 12.0 Å². The molecule has 1 aliphatic rings. The number of hydrogen-bond donors (Lipinski definition) is 1. The molecule has 2 aromatic rings. The molecule has 0 aliphatic carbocycles. The maximum Gasteiger partial charge on any atom is 0.256 e. The number of aromatic nitrogens is 2. The molecule has 1 N–H and O–H groups in total. The third-order valence-corrected chi connectivity index (χ3v) is 3.53. The molecule has 1 aliphatic heterocycles. The van der Waals surface area contributed by atoms with Crippen LogP contribution in [-0.4, -0.2) is 35.0 Å². The molecule has 0 radical (unpaired) electrons. The average Bonchev–Trinajstić information content (AvgIpc) is 3.17. The van der Waals surface area contributed by atoms with E-state index in [9.17, 15) is 4.79 Å². The Labute approximate surface area is 129 Å². The lowest BCUT2D eigenvalue weighted by molar-refractivity contribution is 0.0679. The van der Waals surface area contributed by atoms with Gasteiger partial charge in [0.1, 0.15) is 12.4 Å². The van der Waals surface area contributed by atoms with Gasteiger partial charge >= 0.3 is 0 Å². The molecule has 0 unspecified atom stereocenters. The number of benzene rings is 1. The number of ether oxygens (including phenoxy) is 2. The lowest BCUT2D eigenvalue weighted by Gasteiger charge is -2.11. The van der Waals surface area contributed by atoms with Crippen LogP contribution in [0.15, 0.2) is 36.5 Å². The molecule has 1 fully saturated rings. The van der Waals surface area contributed by atoms with Crippen LogP contribution in [0.5, 0.6) is 5.75 Å². The standard InChI is InChI=1S/C16H19N3O3/c1-19-9-8-15(18-19)17-16(20)12-4-6-13(7-5-12)22-11-14-3-2-10-21-14/h4-9,14H,2-3,10-11H2,1H3,(H,17,18,20)/t14-/m0/s1. The molecule has 0 spiro atoms. The first-order chi connectivity index (χ1) is 10.7. The first kappa shape index (κ1) is 14.6. The summed E-state index contributed by atoms with van der Waals surface area (Å²) in [4.78, 5) is 12.1. The van der Waals surface area contributed by atoms with Crippen molar-refractivity contribution >= 4 is 11.7 Å². The Hall–Kier alpha value is -2.34. The summed E-state index contributed by atoms with van der Waals surface area (Å²) >= 11 is 0. The van der Waals surface area contributed by atoms with Gasteiger partial charge in [-0.1, -0.05) is 0 Å². The predicted molar refractivity (Wildman–Crippen MR) is 82.1 cm³/mol. The summed E-state index contributed by atoms with van der Waals surface area (Å²) in [7, 11) is 1.80. The number of rotatable bonds is 5. The molecule has 0 saturated carbocycles. The van der Waals surface area contributed by atoms with E-state index in [1.807, 2.05) is 0 Å². The van der Waals surface area contributed by atoms with Gasteiger partial charge in [0.05, 0.1) is 6.10 Å². The van der Waals surface area contributed by atoms with Crippen LogP contribution in [0.2, 0.25) is 0 Å². The Balaban J connectivity index is 1.54. The molecule has 3 rings (SSSR count). The quantitative estimate of drug-likeness (QED) is 0.919. The van der Waals surface area contributed by atoms with Crippen LogP contribution >= 0.6 is 0 Å². The molecule has 1 aromatic carbocycles. The number of nitrogens with zero attached hydrogens (tertiary/aromatic N) is 2. The van der Waals surface area contributed by atoms with E-state index in [1.165, 1.54) is 0 Å². The monoisotopic (exact) mass is 301 g/mol. The van der Waals surface area contributed by atoms with E-state index in [1.54, 1.807) is 48.3 Å². The Morgan fingerprint density at radius 1 is 1.41 bits per heavy atom. The fourth-order valence-electron chi connectivity index (χ4n) is 2.34. The summed E-state index contributed by atoms with van der Waals surface area (Å²) in [5.74, 6) is 1.08. The van der Waals surface area contributed by atoms with Crippen LogP contribution in [0, 0.1) is 0 Å². The zero-order chi connectivity index (χ0) is 15.4. The number of carbonyl (C=O) groups excluding carboxylic acids is 1. The third-order valence-electron chi connectivity index (χ3n) is 3.53. The van der Waals surface area contributed by atoms with Crippen LogP contribution in [0.1, 0.15) is 23.2 Å². The molecule has 1 saturated heterocycles. The van der Waals surface area contributed by atoms with E-state index in [0.717, 1.165) is 25.2 Å². The summed E-state index contributed by atoms with van der Waals surface area (Å²) in [6.45, 7) is 1.38. The normalized spacial score (nSPS) is 17.4. The Morgan fingerprint density at radius 3 is 2.86 bits per heavy atom. The largest absolute Gasteiger partial charge is 0.491 e. The Kier molecular flexibility index (Phi) is 4.39. The van der Waals surface area contributed by atoms with Crippen molar-refractivity contribution < 1.29 is 14.3 Å².